The Balaban J connectivity index is 2.50. The van der Waals surface area contributed by atoms with Gasteiger partial charge in [0, 0.05) is 12.0 Å². The van der Waals surface area contributed by atoms with Crippen LogP contribution >= 0.6 is 0 Å². The van der Waals surface area contributed by atoms with Gasteiger partial charge >= 0.3 is 5.97 Å². The monoisotopic (exact) mass is 184 g/mol. The van der Waals surface area contributed by atoms with Gasteiger partial charge in [-0.1, -0.05) is 0 Å². The van der Waals surface area contributed by atoms with Crippen molar-refractivity contribution in [3.63, 3.8) is 0 Å². The van der Waals surface area contributed by atoms with Crippen molar-refractivity contribution in [2.24, 2.45) is 0 Å². The van der Waals surface area contributed by atoms with Crippen molar-refractivity contribution in [1.29, 1.82) is 0 Å². The van der Waals surface area contributed by atoms with Crippen LogP contribution < -0.4 is 0 Å². The second-order valence-corrected chi connectivity index (χ2v) is 3.15. The number of hydrogen-bond acceptors (Lipinski definition) is 2. The molecule has 1 aliphatic carbocycles. The van der Waals surface area contributed by atoms with Gasteiger partial charge in [-0.15, -0.1) is 0 Å². The topological polar surface area (TPSA) is 50.4 Å². The summed E-state index contributed by atoms with van der Waals surface area (Å²) in [6, 6.07) is 0. The third kappa shape index (κ3) is 1.22. The van der Waals surface area contributed by atoms with E-state index in [0.717, 1.165) is 12.7 Å². The van der Waals surface area contributed by atoms with E-state index in [1.807, 2.05) is 0 Å². The maximum Gasteiger partial charge on any atom is 0.339 e. The molecule has 2 rings (SSSR count). The highest BCUT2D eigenvalue weighted by Gasteiger charge is 2.28. The van der Waals surface area contributed by atoms with E-state index < -0.39 is 12.1 Å². The number of hydrogen-bond donors (Lipinski definition) is 1. The molecule has 1 unspecified atom stereocenters. The SMILES string of the molecule is O=C(O)c1coc2c1C(F)CCC2. The van der Waals surface area contributed by atoms with Crippen LogP contribution in [0.5, 0.6) is 0 Å². The van der Waals surface area contributed by atoms with Crippen LogP contribution in [0.25, 0.3) is 0 Å². The number of fused-ring (bicyclic) bond motifs is 1. The number of carbonyl (C=O) groups is 1. The molecule has 1 aromatic heterocycles. The number of aromatic carboxylic acids is 1. The number of carboxylic acid groups (broad SMARTS) is 1. The second-order valence-electron chi connectivity index (χ2n) is 3.15. The van der Waals surface area contributed by atoms with E-state index in [9.17, 15) is 9.18 Å². The van der Waals surface area contributed by atoms with E-state index in [4.69, 9.17) is 9.52 Å². The fourth-order valence-corrected chi connectivity index (χ4v) is 1.70. The Morgan fingerprint density at radius 3 is 3.15 bits per heavy atom. The highest BCUT2D eigenvalue weighted by molar-refractivity contribution is 5.89. The number of aryl methyl sites for hydroxylation is 1. The van der Waals surface area contributed by atoms with Gasteiger partial charge < -0.3 is 9.52 Å². The summed E-state index contributed by atoms with van der Waals surface area (Å²) < 4.78 is 18.3. The molecule has 1 aliphatic rings. The Hall–Kier alpha value is -1.32. The Bertz CT molecular complexity index is 343. The molecule has 0 aromatic carbocycles. The summed E-state index contributed by atoms with van der Waals surface area (Å²) >= 11 is 0. The number of alkyl halides is 1. The average Bonchev–Trinajstić information content (AvgIpc) is 2.49. The smallest absolute Gasteiger partial charge is 0.339 e. The van der Waals surface area contributed by atoms with E-state index in [0.29, 0.717) is 18.6 Å². The molecular weight excluding hydrogens is 175 g/mol. The number of halogens is 1. The van der Waals surface area contributed by atoms with Crippen molar-refractivity contribution in [1.82, 2.24) is 0 Å². The molecule has 0 saturated carbocycles. The zero-order chi connectivity index (χ0) is 9.42. The van der Waals surface area contributed by atoms with Gasteiger partial charge in [0.05, 0.1) is 0 Å². The van der Waals surface area contributed by atoms with Crippen LogP contribution in [-0.4, -0.2) is 11.1 Å². The summed E-state index contributed by atoms with van der Waals surface area (Å²) in [4.78, 5) is 10.7. The van der Waals surface area contributed by atoms with E-state index in [1.165, 1.54) is 0 Å². The Labute approximate surface area is 74.2 Å². The van der Waals surface area contributed by atoms with Gasteiger partial charge in [0.15, 0.2) is 0 Å². The predicted octanol–water partition coefficient (Wildman–Crippen LogP) is 2.32. The van der Waals surface area contributed by atoms with Crippen molar-refractivity contribution in [3.8, 4) is 0 Å². The van der Waals surface area contributed by atoms with Crippen molar-refractivity contribution in [2.75, 3.05) is 0 Å². The average molecular weight is 184 g/mol. The van der Waals surface area contributed by atoms with Crippen LogP contribution in [0.3, 0.4) is 0 Å². The molecule has 0 aliphatic heterocycles. The first-order chi connectivity index (χ1) is 6.20. The van der Waals surface area contributed by atoms with E-state index in [2.05, 4.69) is 0 Å². The van der Waals surface area contributed by atoms with E-state index in [-0.39, 0.29) is 11.1 Å². The minimum atomic E-state index is -1.17. The van der Waals surface area contributed by atoms with E-state index in [1.54, 1.807) is 0 Å². The Morgan fingerprint density at radius 1 is 1.69 bits per heavy atom. The number of carboxylic acids is 1. The van der Waals surface area contributed by atoms with Crippen molar-refractivity contribution >= 4 is 5.97 Å². The van der Waals surface area contributed by atoms with Gasteiger partial charge in [-0.25, -0.2) is 9.18 Å². The quantitative estimate of drug-likeness (QED) is 0.728. The molecular formula is C9H9FO3. The summed E-state index contributed by atoms with van der Waals surface area (Å²) in [6.07, 6.45) is 1.72. The minimum absolute atomic E-state index is 0.0257. The summed E-state index contributed by atoms with van der Waals surface area (Å²) in [5, 5.41) is 8.72. The second kappa shape index (κ2) is 2.87. The molecule has 1 N–H and O–H groups in total. The predicted molar refractivity (Wildman–Crippen MR) is 42.5 cm³/mol. The Kier molecular flexibility index (Phi) is 1.83. The molecule has 0 saturated heterocycles. The fourth-order valence-electron chi connectivity index (χ4n) is 1.70. The lowest BCUT2D eigenvalue weighted by molar-refractivity contribution is 0.0692. The fraction of sp³-hybridized carbons (Fsp3) is 0.444. The highest BCUT2D eigenvalue weighted by atomic mass is 19.1. The van der Waals surface area contributed by atoms with E-state index >= 15 is 0 Å². The highest BCUT2D eigenvalue weighted by Crippen LogP contribution is 2.36. The maximum absolute atomic E-state index is 13.3. The first kappa shape index (κ1) is 8.29. The molecule has 70 valence electrons. The zero-order valence-corrected chi connectivity index (χ0v) is 6.92. The Morgan fingerprint density at radius 2 is 2.46 bits per heavy atom. The molecule has 0 bridgehead atoms. The molecule has 1 atom stereocenters. The van der Waals surface area contributed by atoms with Gasteiger partial charge in [0.1, 0.15) is 23.8 Å². The van der Waals surface area contributed by atoms with Crippen LogP contribution in [-0.2, 0) is 6.42 Å². The third-order valence-corrected chi connectivity index (χ3v) is 2.31. The maximum atomic E-state index is 13.3. The molecule has 0 spiro atoms. The summed E-state index contributed by atoms with van der Waals surface area (Å²) in [7, 11) is 0. The first-order valence-electron chi connectivity index (χ1n) is 4.17. The normalized spacial score (nSPS) is 21.2. The molecule has 4 heteroatoms. The molecule has 0 fully saturated rings. The van der Waals surface area contributed by atoms with Crippen LogP contribution in [0.1, 0.15) is 40.7 Å². The molecule has 13 heavy (non-hydrogen) atoms. The van der Waals surface area contributed by atoms with Gasteiger partial charge in [0.25, 0.3) is 0 Å². The van der Waals surface area contributed by atoms with Gasteiger partial charge in [0.2, 0.25) is 0 Å². The van der Waals surface area contributed by atoms with Gasteiger partial charge in [-0.2, -0.15) is 0 Å². The molecule has 1 aromatic rings. The van der Waals surface area contributed by atoms with Crippen molar-refractivity contribution in [3.05, 3.63) is 23.2 Å². The van der Waals surface area contributed by atoms with Crippen LogP contribution in [0.4, 0.5) is 4.39 Å². The molecule has 0 radical (unpaired) electrons. The molecule has 0 amide bonds. The van der Waals surface area contributed by atoms with Gasteiger partial charge in [-0.05, 0) is 12.8 Å². The number of rotatable bonds is 1. The summed E-state index contributed by atoms with van der Waals surface area (Å²) in [6.45, 7) is 0. The largest absolute Gasteiger partial charge is 0.478 e. The van der Waals surface area contributed by atoms with Crippen LogP contribution in [0, 0.1) is 0 Å². The third-order valence-electron chi connectivity index (χ3n) is 2.31. The lowest BCUT2D eigenvalue weighted by Crippen LogP contribution is -2.08. The molecule has 3 nitrogen and oxygen atoms in total. The first-order valence-corrected chi connectivity index (χ1v) is 4.17. The lowest BCUT2D eigenvalue weighted by atomic mass is 9.94. The van der Waals surface area contributed by atoms with Gasteiger partial charge in [-0.3, -0.25) is 0 Å². The number of furan rings is 1. The summed E-state index contributed by atoms with van der Waals surface area (Å²) in [5.41, 5.74) is 0.223. The molecule has 1 heterocycles. The summed E-state index contributed by atoms with van der Waals surface area (Å²) in [5.74, 6) is -0.620. The van der Waals surface area contributed by atoms with Crippen LogP contribution in [0.15, 0.2) is 10.7 Å². The standard InChI is InChI=1S/C9H9FO3/c10-6-2-1-3-7-8(6)5(4-13-7)9(11)12/h4,6H,1-3H2,(H,11,12). The lowest BCUT2D eigenvalue weighted by Gasteiger charge is -2.14. The minimum Gasteiger partial charge on any atom is -0.478 e. The van der Waals surface area contributed by atoms with Crippen molar-refractivity contribution < 1.29 is 18.7 Å². The van der Waals surface area contributed by atoms with Crippen LogP contribution in [0.2, 0.25) is 0 Å². The zero-order valence-electron chi connectivity index (χ0n) is 6.92. The van der Waals surface area contributed by atoms with Crippen molar-refractivity contribution in [2.45, 2.75) is 25.4 Å².